The first-order valence-corrected chi connectivity index (χ1v) is 9.47. The van der Waals surface area contributed by atoms with E-state index in [1.165, 1.54) is 12.1 Å². The number of likely N-dealkylation sites (tertiary alicyclic amines) is 2. The maximum atomic E-state index is 13.4. The normalized spacial score (nSPS) is 29.3. The third kappa shape index (κ3) is 3.00. The van der Waals surface area contributed by atoms with Crippen LogP contribution in [0.25, 0.3) is 0 Å². The van der Waals surface area contributed by atoms with E-state index in [-0.39, 0.29) is 23.6 Å². The van der Waals surface area contributed by atoms with Crippen LogP contribution in [-0.2, 0) is 16.1 Å². The maximum Gasteiger partial charge on any atom is 0.313 e. The molecule has 1 aromatic rings. The molecule has 5 nitrogen and oxygen atoms in total. The molecule has 3 fully saturated rings. The van der Waals surface area contributed by atoms with Crippen LogP contribution in [0.4, 0.5) is 4.39 Å². The summed E-state index contributed by atoms with van der Waals surface area (Å²) in [6.45, 7) is 2.43. The van der Waals surface area contributed by atoms with Crippen LogP contribution in [0.1, 0.15) is 31.2 Å². The molecule has 4 rings (SSSR count). The molecular formula is C20H25FN2O3. The largest absolute Gasteiger partial charge is 0.481 e. The molecule has 2 aliphatic heterocycles. The van der Waals surface area contributed by atoms with Crippen LogP contribution in [0, 0.1) is 23.1 Å². The second-order valence-corrected chi connectivity index (χ2v) is 8.16. The van der Waals surface area contributed by atoms with Crippen molar-refractivity contribution in [3.63, 3.8) is 0 Å². The van der Waals surface area contributed by atoms with E-state index in [4.69, 9.17) is 0 Å². The van der Waals surface area contributed by atoms with Gasteiger partial charge in [-0.3, -0.25) is 14.5 Å². The number of hydrogen-bond donors (Lipinski definition) is 1. The third-order valence-electron chi connectivity index (χ3n) is 6.42. The molecule has 2 saturated heterocycles. The lowest BCUT2D eigenvalue weighted by molar-refractivity contribution is -0.149. The molecule has 3 aliphatic rings. The summed E-state index contributed by atoms with van der Waals surface area (Å²) in [5.41, 5.74) is -0.0360. The van der Waals surface area contributed by atoms with Crippen LogP contribution in [0.2, 0.25) is 0 Å². The fourth-order valence-electron chi connectivity index (χ4n) is 5.08. The molecule has 2 heterocycles. The second kappa shape index (κ2) is 6.65. The van der Waals surface area contributed by atoms with E-state index >= 15 is 0 Å². The fraction of sp³-hybridized carbons (Fsp3) is 0.600. The van der Waals surface area contributed by atoms with Crippen molar-refractivity contribution in [2.75, 3.05) is 26.2 Å². The van der Waals surface area contributed by atoms with Gasteiger partial charge in [0, 0.05) is 44.6 Å². The second-order valence-electron chi connectivity index (χ2n) is 8.16. The number of aliphatic carboxylic acids is 1. The van der Waals surface area contributed by atoms with Gasteiger partial charge in [-0.1, -0.05) is 25.0 Å². The Hall–Kier alpha value is -1.95. The Bertz CT molecular complexity index is 719. The quantitative estimate of drug-likeness (QED) is 0.895. The molecule has 1 unspecified atom stereocenters. The predicted molar refractivity (Wildman–Crippen MR) is 93.8 cm³/mol. The molecule has 140 valence electrons. The Kier molecular flexibility index (Phi) is 4.47. The number of carbonyl (C=O) groups excluding carboxylic acids is 1. The van der Waals surface area contributed by atoms with Crippen LogP contribution in [0.5, 0.6) is 0 Å². The molecule has 0 radical (unpaired) electrons. The van der Waals surface area contributed by atoms with Gasteiger partial charge in [0.05, 0.1) is 0 Å². The lowest BCUT2D eigenvalue weighted by atomic mass is 9.81. The van der Waals surface area contributed by atoms with E-state index in [1.54, 1.807) is 11.0 Å². The summed E-state index contributed by atoms with van der Waals surface area (Å²) in [7, 11) is 0. The Labute approximate surface area is 152 Å². The van der Waals surface area contributed by atoms with Crippen molar-refractivity contribution in [1.29, 1.82) is 0 Å². The summed E-state index contributed by atoms with van der Waals surface area (Å²) >= 11 is 0. The number of nitrogens with zero attached hydrogens (tertiary/aromatic N) is 2. The molecule has 1 amide bonds. The zero-order valence-corrected chi connectivity index (χ0v) is 14.9. The Balaban J connectivity index is 1.46. The third-order valence-corrected chi connectivity index (χ3v) is 6.42. The van der Waals surface area contributed by atoms with Gasteiger partial charge in [-0.25, -0.2) is 4.39 Å². The lowest BCUT2D eigenvalue weighted by Crippen LogP contribution is -2.42. The zero-order chi connectivity index (χ0) is 18.3. The molecule has 0 aromatic heterocycles. The van der Waals surface area contributed by atoms with Crippen LogP contribution < -0.4 is 0 Å². The van der Waals surface area contributed by atoms with E-state index < -0.39 is 11.4 Å². The van der Waals surface area contributed by atoms with Crippen molar-refractivity contribution in [2.45, 2.75) is 32.2 Å². The molecule has 1 aromatic carbocycles. The summed E-state index contributed by atoms with van der Waals surface area (Å²) in [4.78, 5) is 28.7. The molecule has 26 heavy (non-hydrogen) atoms. The van der Waals surface area contributed by atoms with E-state index in [2.05, 4.69) is 4.90 Å². The van der Waals surface area contributed by atoms with Crippen molar-refractivity contribution < 1.29 is 19.1 Å². The lowest BCUT2D eigenvalue weighted by Gasteiger charge is -2.27. The van der Waals surface area contributed by atoms with Gasteiger partial charge in [0.25, 0.3) is 0 Å². The Morgan fingerprint density at radius 2 is 1.96 bits per heavy atom. The number of carboxylic acids is 1. The molecule has 0 bridgehead atoms. The number of fused-ring (bicyclic) bond motifs is 1. The highest BCUT2D eigenvalue weighted by molar-refractivity contribution is 5.83. The van der Waals surface area contributed by atoms with Gasteiger partial charge in [0.1, 0.15) is 11.2 Å². The van der Waals surface area contributed by atoms with Crippen LogP contribution >= 0.6 is 0 Å². The summed E-state index contributed by atoms with van der Waals surface area (Å²) < 4.78 is 13.4. The van der Waals surface area contributed by atoms with Crippen molar-refractivity contribution in [3.8, 4) is 0 Å². The van der Waals surface area contributed by atoms with Crippen LogP contribution in [0.3, 0.4) is 0 Å². The first kappa shape index (κ1) is 17.5. The number of carbonyl (C=O) groups is 2. The predicted octanol–water partition coefficient (Wildman–Crippen LogP) is 2.36. The number of amides is 1. The molecular weight excluding hydrogens is 335 g/mol. The number of benzene rings is 1. The minimum absolute atomic E-state index is 0.0566. The van der Waals surface area contributed by atoms with Gasteiger partial charge >= 0.3 is 5.97 Å². The number of carboxylic acid groups (broad SMARTS) is 1. The van der Waals surface area contributed by atoms with Gasteiger partial charge in [-0.05, 0) is 30.5 Å². The first-order chi connectivity index (χ1) is 12.5. The summed E-state index contributed by atoms with van der Waals surface area (Å²) in [5.74, 6) is -0.912. The van der Waals surface area contributed by atoms with Crippen molar-refractivity contribution in [2.24, 2.45) is 17.3 Å². The van der Waals surface area contributed by atoms with Gasteiger partial charge in [-0.15, -0.1) is 0 Å². The molecule has 2 atom stereocenters. The molecule has 0 spiro atoms. The van der Waals surface area contributed by atoms with E-state index in [1.807, 2.05) is 6.07 Å². The van der Waals surface area contributed by atoms with Crippen LogP contribution in [-0.4, -0.2) is 53.0 Å². The summed E-state index contributed by atoms with van der Waals surface area (Å²) in [6, 6.07) is 6.45. The van der Waals surface area contributed by atoms with Gasteiger partial charge < -0.3 is 10.0 Å². The number of rotatable bonds is 4. The highest BCUT2D eigenvalue weighted by Gasteiger charge is 2.58. The molecule has 1 saturated carbocycles. The number of hydrogen-bond acceptors (Lipinski definition) is 3. The van der Waals surface area contributed by atoms with Gasteiger partial charge in [0.2, 0.25) is 5.91 Å². The average molecular weight is 360 g/mol. The highest BCUT2D eigenvalue weighted by atomic mass is 19.1. The van der Waals surface area contributed by atoms with E-state index in [9.17, 15) is 19.1 Å². The van der Waals surface area contributed by atoms with Crippen LogP contribution in [0.15, 0.2) is 24.3 Å². The standard InChI is InChI=1S/C20H25FN2O3/c21-17-7-3-4-14(8-17)9-22-10-16-11-23(13-20(16,12-22)19(25)26)18(24)15-5-1-2-6-15/h3-4,7-8,15-16H,1-2,5-6,9-13H2,(H,25,26)/t16?,20-/m0/s1. The summed E-state index contributed by atoms with van der Waals surface area (Å²) in [6.07, 6.45) is 4.07. The smallest absolute Gasteiger partial charge is 0.313 e. The van der Waals surface area contributed by atoms with Crippen molar-refractivity contribution in [3.05, 3.63) is 35.6 Å². The average Bonchev–Trinajstić information content (AvgIpc) is 3.28. The van der Waals surface area contributed by atoms with E-state index in [0.29, 0.717) is 32.7 Å². The molecule has 1 aliphatic carbocycles. The SMILES string of the molecule is O=C(C1CCCC1)N1CC2CN(Cc3cccc(F)c3)C[C@]2(C(=O)O)C1. The topological polar surface area (TPSA) is 60.9 Å². The maximum absolute atomic E-state index is 13.4. The fourth-order valence-corrected chi connectivity index (χ4v) is 5.08. The molecule has 1 N–H and O–H groups in total. The molecule has 6 heteroatoms. The zero-order valence-electron chi connectivity index (χ0n) is 14.9. The van der Waals surface area contributed by atoms with E-state index in [0.717, 1.165) is 31.2 Å². The monoisotopic (exact) mass is 360 g/mol. The van der Waals surface area contributed by atoms with Gasteiger partial charge in [0.15, 0.2) is 0 Å². The minimum Gasteiger partial charge on any atom is -0.481 e. The Morgan fingerprint density at radius 1 is 1.19 bits per heavy atom. The van der Waals surface area contributed by atoms with Crippen molar-refractivity contribution in [1.82, 2.24) is 9.80 Å². The Morgan fingerprint density at radius 3 is 2.62 bits per heavy atom. The first-order valence-electron chi connectivity index (χ1n) is 9.47. The highest BCUT2D eigenvalue weighted by Crippen LogP contribution is 2.44. The number of halogens is 1. The minimum atomic E-state index is -0.887. The van der Waals surface area contributed by atoms with Gasteiger partial charge in [-0.2, -0.15) is 0 Å². The van der Waals surface area contributed by atoms with Crippen molar-refractivity contribution >= 4 is 11.9 Å². The summed E-state index contributed by atoms with van der Waals surface area (Å²) in [5, 5.41) is 9.94.